The molecule has 3 nitrogen and oxygen atoms in total. The van der Waals surface area contributed by atoms with Crippen molar-refractivity contribution in [2.45, 2.75) is 13.8 Å². The molecule has 1 aliphatic rings. The van der Waals surface area contributed by atoms with Gasteiger partial charge in [0, 0.05) is 0 Å². The van der Waals surface area contributed by atoms with Crippen molar-refractivity contribution < 1.29 is 4.79 Å². The van der Waals surface area contributed by atoms with Crippen LogP contribution in [0.1, 0.15) is 13.8 Å². The first-order chi connectivity index (χ1) is 4.61. The molecule has 1 heterocycles. The van der Waals surface area contributed by atoms with E-state index in [1.165, 1.54) is 0 Å². The third-order valence-corrected chi connectivity index (χ3v) is 1.50. The van der Waals surface area contributed by atoms with Crippen LogP contribution in [0.15, 0.2) is 11.3 Å². The molecule has 0 spiro atoms. The first kappa shape index (κ1) is 7.21. The van der Waals surface area contributed by atoms with Gasteiger partial charge < -0.3 is 5.32 Å². The predicted octanol–water partition coefficient (Wildman–Crippen LogP) is 0.921. The number of thiocarbonyl (C=S) groups is 1. The van der Waals surface area contributed by atoms with Gasteiger partial charge in [-0.15, -0.1) is 0 Å². The average Bonchev–Trinajstić information content (AvgIpc) is 2.10. The van der Waals surface area contributed by atoms with Gasteiger partial charge in [-0.3, -0.25) is 5.32 Å². The fourth-order valence-corrected chi connectivity index (χ4v) is 1.07. The fourth-order valence-electron chi connectivity index (χ4n) is 0.719. The second-order valence-electron chi connectivity index (χ2n) is 2.28. The van der Waals surface area contributed by atoms with Crippen LogP contribution >= 0.6 is 12.2 Å². The first-order valence-corrected chi connectivity index (χ1v) is 3.32. The summed E-state index contributed by atoms with van der Waals surface area (Å²) in [6.45, 7) is 3.80. The normalized spacial score (nSPS) is 16.8. The topological polar surface area (TPSA) is 41.1 Å². The minimum absolute atomic E-state index is 0.235. The third-order valence-electron chi connectivity index (χ3n) is 1.19. The van der Waals surface area contributed by atoms with E-state index in [0.29, 0.717) is 4.99 Å². The lowest BCUT2D eigenvalue weighted by molar-refractivity contribution is 0.250. The molecule has 1 fully saturated rings. The van der Waals surface area contributed by atoms with E-state index in [0.717, 1.165) is 11.3 Å². The number of hydrogen-bond acceptors (Lipinski definition) is 2. The Hall–Kier alpha value is -0.900. The molecule has 1 rings (SSSR count). The van der Waals surface area contributed by atoms with E-state index in [1.54, 1.807) is 0 Å². The van der Waals surface area contributed by atoms with Gasteiger partial charge in [0.15, 0.2) is 0 Å². The Labute approximate surface area is 64.5 Å². The Balaban J connectivity index is 2.93. The zero-order valence-corrected chi connectivity index (χ0v) is 6.63. The van der Waals surface area contributed by atoms with Crippen LogP contribution in [0.2, 0.25) is 0 Å². The molecule has 1 aliphatic heterocycles. The highest BCUT2D eigenvalue weighted by Gasteiger charge is 2.19. The molecule has 0 saturated carbocycles. The predicted molar refractivity (Wildman–Crippen MR) is 42.6 cm³/mol. The summed E-state index contributed by atoms with van der Waals surface area (Å²) in [7, 11) is 0. The molecule has 0 bridgehead atoms. The van der Waals surface area contributed by atoms with Gasteiger partial charge in [0.1, 0.15) is 4.99 Å². The number of rotatable bonds is 0. The molecule has 0 unspecified atom stereocenters. The number of carbonyl (C=O) groups excluding carboxylic acids is 1. The Morgan fingerprint density at radius 3 is 2.20 bits per heavy atom. The van der Waals surface area contributed by atoms with Crippen molar-refractivity contribution in [2.24, 2.45) is 0 Å². The summed E-state index contributed by atoms with van der Waals surface area (Å²) in [5, 5.41) is 5.06. The summed E-state index contributed by atoms with van der Waals surface area (Å²) in [5.74, 6) is 0. The van der Waals surface area contributed by atoms with Crippen molar-refractivity contribution in [3.05, 3.63) is 11.3 Å². The molecule has 1 saturated heterocycles. The molecule has 10 heavy (non-hydrogen) atoms. The number of allylic oxidation sites excluding steroid dienone is 1. The number of hydrogen-bond donors (Lipinski definition) is 2. The van der Waals surface area contributed by atoms with Crippen LogP contribution in [0.25, 0.3) is 0 Å². The number of amides is 2. The molecule has 2 N–H and O–H groups in total. The SMILES string of the molecule is CC(C)=C1NC(=O)NC1=S. The lowest BCUT2D eigenvalue weighted by Gasteiger charge is -1.95. The second kappa shape index (κ2) is 2.38. The quantitative estimate of drug-likeness (QED) is 0.404. The monoisotopic (exact) mass is 156 g/mol. The summed E-state index contributed by atoms with van der Waals surface area (Å²) >= 11 is 4.84. The van der Waals surface area contributed by atoms with Crippen LogP contribution in [-0.2, 0) is 0 Å². The van der Waals surface area contributed by atoms with Gasteiger partial charge in [-0.1, -0.05) is 12.2 Å². The van der Waals surface area contributed by atoms with Gasteiger partial charge >= 0.3 is 6.03 Å². The van der Waals surface area contributed by atoms with Crippen molar-refractivity contribution in [2.75, 3.05) is 0 Å². The number of carbonyl (C=O) groups is 1. The second-order valence-corrected chi connectivity index (χ2v) is 2.69. The van der Waals surface area contributed by atoms with Crippen LogP contribution in [0, 0.1) is 0 Å². The van der Waals surface area contributed by atoms with Crippen LogP contribution in [0.3, 0.4) is 0 Å². The van der Waals surface area contributed by atoms with E-state index >= 15 is 0 Å². The van der Waals surface area contributed by atoms with Crippen molar-refractivity contribution >= 4 is 23.2 Å². The molecular formula is C6H8N2OS. The highest BCUT2D eigenvalue weighted by atomic mass is 32.1. The molecule has 0 aliphatic carbocycles. The molecular weight excluding hydrogens is 148 g/mol. The summed E-state index contributed by atoms with van der Waals surface area (Å²) in [4.78, 5) is 11.1. The molecule has 4 heteroatoms. The van der Waals surface area contributed by atoms with E-state index in [-0.39, 0.29) is 6.03 Å². The average molecular weight is 156 g/mol. The summed E-state index contributed by atoms with van der Waals surface area (Å²) in [5.41, 5.74) is 1.75. The van der Waals surface area contributed by atoms with E-state index in [9.17, 15) is 4.79 Å². The largest absolute Gasteiger partial charge is 0.324 e. The number of nitrogens with one attached hydrogen (secondary N) is 2. The molecule has 0 aromatic rings. The standard InChI is InChI=1S/C6H8N2OS/c1-3(2)4-5(10)8-6(9)7-4/h1-2H3,(H2,7,8,9,10). The Morgan fingerprint density at radius 1 is 1.40 bits per heavy atom. The number of urea groups is 1. The zero-order chi connectivity index (χ0) is 7.72. The molecule has 0 aromatic carbocycles. The summed E-state index contributed by atoms with van der Waals surface area (Å²) in [6, 6.07) is -0.235. The van der Waals surface area contributed by atoms with Crippen molar-refractivity contribution in [3.8, 4) is 0 Å². The lowest BCUT2D eigenvalue weighted by Crippen LogP contribution is -2.21. The van der Waals surface area contributed by atoms with Gasteiger partial charge in [0.05, 0.1) is 5.70 Å². The highest BCUT2D eigenvalue weighted by Crippen LogP contribution is 2.05. The van der Waals surface area contributed by atoms with E-state index in [4.69, 9.17) is 12.2 Å². The van der Waals surface area contributed by atoms with Gasteiger partial charge in [0.25, 0.3) is 0 Å². The lowest BCUT2D eigenvalue weighted by atomic mass is 10.3. The van der Waals surface area contributed by atoms with E-state index in [1.807, 2.05) is 13.8 Å². The van der Waals surface area contributed by atoms with Crippen LogP contribution in [-0.4, -0.2) is 11.0 Å². The maximum atomic E-state index is 10.6. The van der Waals surface area contributed by atoms with Crippen molar-refractivity contribution in [1.29, 1.82) is 0 Å². The van der Waals surface area contributed by atoms with Gasteiger partial charge in [-0.25, -0.2) is 4.79 Å². The van der Waals surface area contributed by atoms with Crippen LogP contribution < -0.4 is 10.6 Å². The van der Waals surface area contributed by atoms with Crippen LogP contribution in [0.5, 0.6) is 0 Å². The summed E-state index contributed by atoms with van der Waals surface area (Å²) < 4.78 is 0. The van der Waals surface area contributed by atoms with Gasteiger partial charge in [-0.2, -0.15) is 0 Å². The summed E-state index contributed by atoms with van der Waals surface area (Å²) in [6.07, 6.45) is 0. The van der Waals surface area contributed by atoms with Crippen LogP contribution in [0.4, 0.5) is 4.79 Å². The Kier molecular flexibility index (Phi) is 1.72. The smallest absolute Gasteiger partial charge is 0.305 e. The Bertz CT molecular complexity index is 228. The molecule has 2 amide bonds. The zero-order valence-electron chi connectivity index (χ0n) is 5.82. The maximum Gasteiger partial charge on any atom is 0.324 e. The molecule has 0 aromatic heterocycles. The highest BCUT2D eigenvalue weighted by molar-refractivity contribution is 7.80. The van der Waals surface area contributed by atoms with Crippen molar-refractivity contribution in [1.82, 2.24) is 10.6 Å². The minimum Gasteiger partial charge on any atom is -0.305 e. The minimum atomic E-state index is -0.235. The fraction of sp³-hybridized carbons (Fsp3) is 0.333. The van der Waals surface area contributed by atoms with Crippen molar-refractivity contribution in [3.63, 3.8) is 0 Å². The molecule has 0 atom stereocenters. The maximum absolute atomic E-state index is 10.6. The molecule has 0 radical (unpaired) electrons. The van der Waals surface area contributed by atoms with Gasteiger partial charge in [-0.05, 0) is 19.4 Å². The Morgan fingerprint density at radius 2 is 2.00 bits per heavy atom. The van der Waals surface area contributed by atoms with Gasteiger partial charge in [0.2, 0.25) is 0 Å². The third kappa shape index (κ3) is 1.16. The first-order valence-electron chi connectivity index (χ1n) is 2.91. The molecule has 54 valence electrons. The van der Waals surface area contributed by atoms with E-state index < -0.39 is 0 Å². The van der Waals surface area contributed by atoms with E-state index in [2.05, 4.69) is 10.6 Å².